The minimum absolute atomic E-state index is 0. The Morgan fingerprint density at radius 2 is 1.67 bits per heavy atom. The SMILES string of the molecule is [KH].[O]=[V](=[O])[O][U]. The molecule has 0 aliphatic carbocycles. The van der Waals surface area contributed by atoms with Gasteiger partial charge in [0, 0.05) is 0 Å². The summed E-state index contributed by atoms with van der Waals surface area (Å²) < 4.78 is 22.6. The molecule has 0 saturated carbocycles. The molecular formula is HKO3UV. The van der Waals surface area contributed by atoms with Crippen LogP contribution in [-0.4, -0.2) is 51.4 Å². The second-order valence-electron chi connectivity index (χ2n) is 0.315. The van der Waals surface area contributed by atoms with Crippen molar-refractivity contribution in [1.29, 1.82) is 0 Å². The van der Waals surface area contributed by atoms with Gasteiger partial charge in [-0.15, -0.1) is 0 Å². The number of hydrogen-bond acceptors (Lipinski definition) is 3. The maximum absolute atomic E-state index is 9.31. The van der Waals surface area contributed by atoms with Gasteiger partial charge in [-0.05, 0) is 0 Å². The van der Waals surface area contributed by atoms with Crippen LogP contribution in [0, 0.1) is 29.9 Å². The van der Waals surface area contributed by atoms with E-state index in [1.807, 2.05) is 0 Å². The first-order valence-corrected chi connectivity index (χ1v) is 4.16. The zero-order chi connectivity index (χ0) is 4.28. The Balaban J connectivity index is 0. The monoisotopic (exact) mass is 377 g/mol. The van der Waals surface area contributed by atoms with Gasteiger partial charge >= 0.3 is 105 Å². The van der Waals surface area contributed by atoms with Gasteiger partial charge in [0.1, 0.15) is 0 Å². The summed E-state index contributed by atoms with van der Waals surface area (Å²) in [6.07, 6.45) is 0. The third-order valence-corrected chi connectivity index (χ3v) is 2.87. The fraction of sp³-hybridized carbons (Fsp3) is 0. The molecule has 0 bridgehead atoms. The quantitative estimate of drug-likeness (QED) is 0.554. The van der Waals surface area contributed by atoms with Crippen LogP contribution in [0.4, 0.5) is 0 Å². The minimum atomic E-state index is -3.13. The van der Waals surface area contributed by atoms with Crippen molar-refractivity contribution < 1.29 is 53.8 Å². The van der Waals surface area contributed by atoms with Crippen molar-refractivity contribution in [2.45, 2.75) is 0 Å². The molecule has 0 aliphatic heterocycles. The fourth-order valence-corrected chi connectivity index (χ4v) is 0. The van der Waals surface area contributed by atoms with E-state index in [0.717, 1.165) is 0 Å². The van der Waals surface area contributed by atoms with E-state index in [4.69, 9.17) is 0 Å². The molecule has 6 heteroatoms. The molecular weight excluding hydrogens is 376 g/mol. The molecule has 3 nitrogen and oxygen atoms in total. The van der Waals surface area contributed by atoms with E-state index in [-0.39, 0.29) is 81.3 Å². The molecule has 0 aromatic heterocycles. The van der Waals surface area contributed by atoms with Crippen molar-refractivity contribution in [1.82, 2.24) is 0 Å². The summed E-state index contributed by atoms with van der Waals surface area (Å²) in [5.41, 5.74) is 0. The second-order valence-corrected chi connectivity index (χ2v) is 4.43. The zero-order valence-electron chi connectivity index (χ0n) is 2.17. The van der Waals surface area contributed by atoms with Gasteiger partial charge in [-0.3, -0.25) is 0 Å². The van der Waals surface area contributed by atoms with Crippen molar-refractivity contribution in [3.8, 4) is 0 Å². The average molecular weight is 377 g/mol. The van der Waals surface area contributed by atoms with Crippen molar-refractivity contribution in [3.63, 3.8) is 0 Å². The van der Waals surface area contributed by atoms with Crippen molar-refractivity contribution >= 4 is 51.4 Å². The standard InChI is InChI=1S/K.3O.U.V.H. The average Bonchev–Trinajstić information content (AvgIpc) is 1.38. The Labute approximate surface area is 102 Å². The normalized spacial score (nSPS) is 6.33. The molecule has 29 valence electrons. The van der Waals surface area contributed by atoms with Gasteiger partial charge in [-0.2, -0.15) is 0 Å². The van der Waals surface area contributed by atoms with E-state index in [1.54, 1.807) is 0 Å². The molecule has 0 N–H and O–H groups in total. The Hall–Kier alpha value is 2.83. The molecule has 0 rings (SSSR count). The maximum atomic E-state index is 9.31. The summed E-state index contributed by atoms with van der Waals surface area (Å²) in [6.45, 7) is 0. The van der Waals surface area contributed by atoms with E-state index in [2.05, 4.69) is 1.17 Å². The molecule has 0 spiro atoms. The van der Waals surface area contributed by atoms with E-state index in [9.17, 15) is 7.35 Å². The number of rotatable bonds is 1. The van der Waals surface area contributed by atoms with E-state index in [1.165, 1.54) is 0 Å². The van der Waals surface area contributed by atoms with Gasteiger partial charge < -0.3 is 0 Å². The van der Waals surface area contributed by atoms with Gasteiger partial charge in [0.25, 0.3) is 0 Å². The molecule has 0 aromatic carbocycles. The Morgan fingerprint density at radius 3 is 1.67 bits per heavy atom. The summed E-state index contributed by atoms with van der Waals surface area (Å²) in [5.74, 6) is 0. The van der Waals surface area contributed by atoms with Crippen LogP contribution >= 0.6 is 0 Å². The van der Waals surface area contributed by atoms with Crippen LogP contribution in [0.5, 0.6) is 0 Å². The molecule has 0 fully saturated rings. The summed E-state index contributed by atoms with van der Waals surface area (Å²) in [4.78, 5) is 0. The molecule has 6 heavy (non-hydrogen) atoms. The molecule has 0 radical (unpaired) electrons. The molecule has 0 saturated heterocycles. The van der Waals surface area contributed by atoms with Crippen LogP contribution in [0.3, 0.4) is 0 Å². The molecule has 0 heterocycles. The first kappa shape index (κ1) is 11.6. The van der Waals surface area contributed by atoms with Gasteiger partial charge in [-0.1, -0.05) is 0 Å². The van der Waals surface area contributed by atoms with E-state index >= 15 is 0 Å². The van der Waals surface area contributed by atoms with Crippen LogP contribution in [0.25, 0.3) is 0 Å². The van der Waals surface area contributed by atoms with E-state index in [0.29, 0.717) is 0 Å². The molecule has 0 aliphatic rings. The Kier molecular flexibility index (Phi) is 15.2. The summed E-state index contributed by atoms with van der Waals surface area (Å²) in [5, 5.41) is 0. The third kappa shape index (κ3) is 9.95. The van der Waals surface area contributed by atoms with Gasteiger partial charge in [-0.25, -0.2) is 0 Å². The molecule has 0 aromatic rings. The zero-order valence-corrected chi connectivity index (χ0v) is 7.73. The molecule has 0 unspecified atom stereocenters. The van der Waals surface area contributed by atoms with Gasteiger partial charge in [0.15, 0.2) is 0 Å². The van der Waals surface area contributed by atoms with Crippen molar-refractivity contribution in [3.05, 3.63) is 0 Å². The van der Waals surface area contributed by atoms with Gasteiger partial charge in [0.05, 0.1) is 0 Å². The third-order valence-electron chi connectivity index (χ3n) is 0.0745. The fourth-order valence-electron chi connectivity index (χ4n) is 0. The first-order valence-electron chi connectivity index (χ1n) is 0.752. The van der Waals surface area contributed by atoms with Crippen LogP contribution < -0.4 is 0 Å². The summed E-state index contributed by atoms with van der Waals surface area (Å²) in [7, 11) is 0. The summed E-state index contributed by atoms with van der Waals surface area (Å²) in [6, 6.07) is 0. The van der Waals surface area contributed by atoms with Crippen LogP contribution in [0.2, 0.25) is 0 Å². The summed E-state index contributed by atoms with van der Waals surface area (Å²) >= 11 is -2.99. The Morgan fingerprint density at radius 1 is 1.50 bits per heavy atom. The van der Waals surface area contributed by atoms with Crippen LogP contribution in [0.1, 0.15) is 0 Å². The van der Waals surface area contributed by atoms with Gasteiger partial charge in [0.2, 0.25) is 0 Å². The predicted octanol–water partition coefficient (Wildman–Crippen LogP) is -0.957. The van der Waals surface area contributed by atoms with Crippen LogP contribution in [-0.2, 0) is 23.9 Å². The molecule has 0 amide bonds. The topological polar surface area (TPSA) is 43.4 Å². The predicted molar refractivity (Wildman–Crippen MR) is 9.61 cm³/mol. The number of hydrogen-bond donors (Lipinski definition) is 0. The van der Waals surface area contributed by atoms with Crippen LogP contribution in [0.15, 0.2) is 0 Å². The first-order chi connectivity index (χ1) is 2.27. The van der Waals surface area contributed by atoms with Crippen molar-refractivity contribution in [2.24, 2.45) is 0 Å². The molecule has 0 atom stereocenters. The van der Waals surface area contributed by atoms with E-state index < -0.39 is 15.4 Å². The Bertz CT molecular complexity index is 68.9. The van der Waals surface area contributed by atoms with Crippen molar-refractivity contribution in [2.75, 3.05) is 0 Å². The second kappa shape index (κ2) is 7.83.